The first-order valence-electron chi connectivity index (χ1n) is 8.22. The van der Waals surface area contributed by atoms with Crippen molar-refractivity contribution >= 4 is 17.6 Å². The highest BCUT2D eigenvalue weighted by Gasteiger charge is 2.10. The van der Waals surface area contributed by atoms with E-state index in [4.69, 9.17) is 9.47 Å². The summed E-state index contributed by atoms with van der Waals surface area (Å²) in [6, 6.07) is 13.2. The Morgan fingerprint density at radius 2 is 1.68 bits per heavy atom. The topological polar surface area (TPSA) is 64.6 Å². The first-order chi connectivity index (χ1) is 12.0. The van der Waals surface area contributed by atoms with E-state index < -0.39 is 5.97 Å². The Balaban J connectivity index is 1.78. The van der Waals surface area contributed by atoms with Gasteiger partial charge in [0.2, 0.25) is 0 Å². The second kappa shape index (κ2) is 8.87. The molecule has 0 bridgehead atoms. The van der Waals surface area contributed by atoms with E-state index in [0.717, 1.165) is 28.8 Å². The Hall–Kier alpha value is -2.82. The van der Waals surface area contributed by atoms with E-state index in [1.807, 2.05) is 63.2 Å². The molecule has 2 aromatic rings. The Morgan fingerprint density at radius 3 is 2.36 bits per heavy atom. The van der Waals surface area contributed by atoms with Gasteiger partial charge in [-0.15, -0.1) is 0 Å². The number of benzene rings is 2. The molecule has 0 saturated heterocycles. The number of carbonyl (C=O) groups excluding carboxylic acids is 2. The zero-order valence-corrected chi connectivity index (χ0v) is 14.8. The third kappa shape index (κ3) is 5.95. The van der Waals surface area contributed by atoms with Gasteiger partial charge in [0, 0.05) is 5.69 Å². The normalized spacial score (nSPS) is 10.2. The summed E-state index contributed by atoms with van der Waals surface area (Å²) in [5.41, 5.74) is 3.87. The lowest BCUT2D eigenvalue weighted by atomic mass is 10.1. The molecule has 0 saturated carbocycles. The molecule has 2 aromatic carbocycles. The van der Waals surface area contributed by atoms with Gasteiger partial charge in [-0.05, 0) is 55.2 Å². The summed E-state index contributed by atoms with van der Waals surface area (Å²) in [5.74, 6) is -0.352. The SMILES string of the molecule is CCc1ccccc1NC(=O)COC(=O)COc1cc(C)cc(C)c1. The summed E-state index contributed by atoms with van der Waals surface area (Å²) in [6.07, 6.45) is 0.806. The van der Waals surface area contributed by atoms with Crippen molar-refractivity contribution in [2.45, 2.75) is 27.2 Å². The minimum atomic E-state index is -0.585. The molecule has 2 rings (SSSR count). The first kappa shape index (κ1) is 18.5. The summed E-state index contributed by atoms with van der Waals surface area (Å²) in [4.78, 5) is 23.7. The lowest BCUT2D eigenvalue weighted by molar-refractivity contribution is -0.149. The number of ether oxygens (including phenoxy) is 2. The average Bonchev–Trinajstić information content (AvgIpc) is 2.58. The molecule has 0 fully saturated rings. The minimum Gasteiger partial charge on any atom is -0.482 e. The van der Waals surface area contributed by atoms with Crippen molar-refractivity contribution in [3.05, 3.63) is 59.2 Å². The molecule has 5 heteroatoms. The number of anilines is 1. The predicted molar refractivity (Wildman–Crippen MR) is 96.8 cm³/mol. The van der Waals surface area contributed by atoms with Gasteiger partial charge in [0.25, 0.3) is 5.91 Å². The third-order valence-corrected chi connectivity index (χ3v) is 3.59. The maximum Gasteiger partial charge on any atom is 0.344 e. The van der Waals surface area contributed by atoms with Gasteiger partial charge < -0.3 is 14.8 Å². The van der Waals surface area contributed by atoms with Crippen molar-refractivity contribution in [2.24, 2.45) is 0 Å². The van der Waals surface area contributed by atoms with Crippen LogP contribution in [0.4, 0.5) is 5.69 Å². The molecule has 0 spiro atoms. The minimum absolute atomic E-state index is 0.234. The molecule has 0 atom stereocenters. The summed E-state index contributed by atoms with van der Waals surface area (Å²) in [7, 11) is 0. The molecule has 0 aliphatic carbocycles. The fourth-order valence-electron chi connectivity index (χ4n) is 2.48. The van der Waals surface area contributed by atoms with Gasteiger partial charge in [0.1, 0.15) is 5.75 Å². The van der Waals surface area contributed by atoms with Crippen molar-refractivity contribution in [3.63, 3.8) is 0 Å². The number of nitrogens with one attached hydrogen (secondary N) is 1. The van der Waals surface area contributed by atoms with Gasteiger partial charge in [-0.2, -0.15) is 0 Å². The summed E-state index contributed by atoms with van der Waals surface area (Å²) < 4.78 is 10.4. The molecule has 0 aliphatic heterocycles. The molecule has 0 aromatic heterocycles. The fraction of sp³-hybridized carbons (Fsp3) is 0.300. The average molecular weight is 341 g/mol. The summed E-state index contributed by atoms with van der Waals surface area (Å²) in [5, 5.41) is 2.75. The van der Waals surface area contributed by atoms with Crippen LogP contribution in [0.25, 0.3) is 0 Å². The molecule has 132 valence electrons. The maximum absolute atomic E-state index is 11.9. The first-order valence-corrected chi connectivity index (χ1v) is 8.22. The van der Waals surface area contributed by atoms with Crippen LogP contribution in [0.2, 0.25) is 0 Å². The number of rotatable bonds is 7. The number of hydrogen-bond acceptors (Lipinski definition) is 4. The molecule has 25 heavy (non-hydrogen) atoms. The van der Waals surface area contributed by atoms with Gasteiger partial charge in [-0.1, -0.05) is 31.2 Å². The van der Waals surface area contributed by atoms with Crippen LogP contribution in [0.5, 0.6) is 5.75 Å². The van der Waals surface area contributed by atoms with Gasteiger partial charge in [-0.3, -0.25) is 4.79 Å². The Morgan fingerprint density at radius 1 is 1.00 bits per heavy atom. The standard InChI is InChI=1S/C20H23NO4/c1-4-16-7-5-6-8-18(16)21-19(22)12-25-20(23)13-24-17-10-14(2)9-15(3)11-17/h5-11H,4,12-13H2,1-3H3,(H,21,22). The smallest absolute Gasteiger partial charge is 0.344 e. The Kier molecular flexibility index (Phi) is 6.57. The molecular weight excluding hydrogens is 318 g/mol. The molecule has 0 radical (unpaired) electrons. The third-order valence-electron chi connectivity index (χ3n) is 3.59. The van der Waals surface area contributed by atoms with Gasteiger partial charge >= 0.3 is 5.97 Å². The van der Waals surface area contributed by atoms with Gasteiger partial charge in [0.15, 0.2) is 13.2 Å². The molecular formula is C20H23NO4. The second-order valence-electron chi connectivity index (χ2n) is 5.83. The summed E-state index contributed by atoms with van der Waals surface area (Å²) >= 11 is 0. The Bertz CT molecular complexity index is 735. The quantitative estimate of drug-likeness (QED) is 0.784. The van der Waals surface area contributed by atoms with E-state index >= 15 is 0 Å². The molecule has 0 heterocycles. The molecule has 5 nitrogen and oxygen atoms in total. The number of carbonyl (C=O) groups is 2. The lowest BCUT2D eigenvalue weighted by Crippen LogP contribution is -2.24. The molecule has 1 amide bonds. The number of esters is 1. The van der Waals surface area contributed by atoms with Crippen LogP contribution in [0.3, 0.4) is 0 Å². The van der Waals surface area contributed by atoms with Crippen LogP contribution in [0.15, 0.2) is 42.5 Å². The van der Waals surface area contributed by atoms with Crippen LogP contribution in [0.1, 0.15) is 23.6 Å². The number of hydrogen-bond donors (Lipinski definition) is 1. The molecule has 0 unspecified atom stereocenters. The van der Waals surface area contributed by atoms with Crippen LogP contribution in [0, 0.1) is 13.8 Å². The number of amides is 1. The van der Waals surface area contributed by atoms with E-state index in [2.05, 4.69) is 5.32 Å². The van der Waals surface area contributed by atoms with Crippen LogP contribution in [-0.4, -0.2) is 25.1 Å². The highest BCUT2D eigenvalue weighted by Crippen LogP contribution is 2.16. The van der Waals surface area contributed by atoms with E-state index in [0.29, 0.717) is 5.75 Å². The zero-order chi connectivity index (χ0) is 18.2. The van der Waals surface area contributed by atoms with Crippen molar-refractivity contribution in [2.75, 3.05) is 18.5 Å². The van der Waals surface area contributed by atoms with Gasteiger partial charge in [0.05, 0.1) is 0 Å². The zero-order valence-electron chi connectivity index (χ0n) is 14.8. The van der Waals surface area contributed by atoms with Crippen LogP contribution >= 0.6 is 0 Å². The monoisotopic (exact) mass is 341 g/mol. The number of para-hydroxylation sites is 1. The van der Waals surface area contributed by atoms with Crippen molar-refractivity contribution in [1.82, 2.24) is 0 Å². The highest BCUT2D eigenvalue weighted by atomic mass is 16.6. The maximum atomic E-state index is 11.9. The van der Waals surface area contributed by atoms with Crippen LogP contribution in [-0.2, 0) is 20.7 Å². The number of aryl methyl sites for hydroxylation is 3. The largest absolute Gasteiger partial charge is 0.482 e. The lowest BCUT2D eigenvalue weighted by Gasteiger charge is -2.11. The van der Waals surface area contributed by atoms with Crippen molar-refractivity contribution in [3.8, 4) is 5.75 Å². The van der Waals surface area contributed by atoms with E-state index in [9.17, 15) is 9.59 Å². The van der Waals surface area contributed by atoms with Gasteiger partial charge in [-0.25, -0.2) is 4.79 Å². The van der Waals surface area contributed by atoms with E-state index in [1.54, 1.807) is 0 Å². The molecule has 1 N–H and O–H groups in total. The Labute approximate surface area is 148 Å². The van der Waals surface area contributed by atoms with Crippen molar-refractivity contribution in [1.29, 1.82) is 0 Å². The summed E-state index contributed by atoms with van der Waals surface area (Å²) in [6.45, 7) is 5.34. The highest BCUT2D eigenvalue weighted by molar-refractivity contribution is 5.93. The van der Waals surface area contributed by atoms with E-state index in [-0.39, 0.29) is 19.1 Å². The van der Waals surface area contributed by atoms with Crippen molar-refractivity contribution < 1.29 is 19.1 Å². The second-order valence-corrected chi connectivity index (χ2v) is 5.83. The van der Waals surface area contributed by atoms with Crippen LogP contribution < -0.4 is 10.1 Å². The fourth-order valence-corrected chi connectivity index (χ4v) is 2.48. The predicted octanol–water partition coefficient (Wildman–Crippen LogP) is 3.43. The van der Waals surface area contributed by atoms with E-state index in [1.165, 1.54) is 0 Å². The molecule has 0 aliphatic rings.